The molecule has 0 bridgehead atoms. The van der Waals surface area contributed by atoms with E-state index in [0.717, 1.165) is 47.2 Å². The van der Waals surface area contributed by atoms with E-state index in [9.17, 15) is 8.42 Å². The van der Waals surface area contributed by atoms with E-state index in [-0.39, 0.29) is 17.9 Å². The van der Waals surface area contributed by atoms with Crippen LogP contribution in [-0.2, 0) is 14.8 Å². The molecule has 0 aliphatic carbocycles. The minimum Gasteiger partial charge on any atom is -0.383 e. The van der Waals surface area contributed by atoms with Crippen LogP contribution in [0.2, 0.25) is 0 Å². The predicted octanol–water partition coefficient (Wildman–Crippen LogP) is 2.70. The minimum atomic E-state index is -3.57. The maximum atomic E-state index is 13.0. The van der Waals surface area contributed by atoms with Crippen LogP contribution in [-0.4, -0.2) is 40.8 Å². The molecule has 1 atom stereocenters. The Morgan fingerprint density at radius 1 is 1.04 bits per heavy atom. The number of benzene rings is 1. The van der Waals surface area contributed by atoms with Gasteiger partial charge in [-0.25, -0.2) is 13.1 Å². The lowest BCUT2D eigenvalue weighted by molar-refractivity contribution is 0.122. The van der Waals surface area contributed by atoms with Crippen molar-refractivity contribution in [3.05, 3.63) is 27.8 Å². The van der Waals surface area contributed by atoms with Gasteiger partial charge in [0.1, 0.15) is 0 Å². The maximum Gasteiger partial charge on any atom is 0.241 e. The smallest absolute Gasteiger partial charge is 0.241 e. The van der Waals surface area contributed by atoms with Gasteiger partial charge >= 0.3 is 0 Å². The SMILES string of the molecule is COCC1(CNS(=O)(=O)c2c(C)c(C)c(C)c(C)c2C)CCCN1.Cl. The number of hydrogen-bond acceptors (Lipinski definition) is 4. The van der Waals surface area contributed by atoms with E-state index in [1.807, 2.05) is 34.6 Å². The third-order valence-corrected chi connectivity index (χ3v) is 7.23. The van der Waals surface area contributed by atoms with Crippen LogP contribution in [0.15, 0.2) is 4.90 Å². The molecule has 0 saturated carbocycles. The molecule has 2 N–H and O–H groups in total. The highest BCUT2D eigenvalue weighted by molar-refractivity contribution is 7.89. The summed E-state index contributed by atoms with van der Waals surface area (Å²) < 4.78 is 34.2. The molecular formula is C18H31ClN2O3S. The van der Waals surface area contributed by atoms with Crippen LogP contribution >= 0.6 is 12.4 Å². The van der Waals surface area contributed by atoms with Gasteiger partial charge in [0.25, 0.3) is 0 Å². The Labute approximate surface area is 158 Å². The summed E-state index contributed by atoms with van der Waals surface area (Å²) in [6, 6.07) is 0. The van der Waals surface area contributed by atoms with Crippen LogP contribution in [0.4, 0.5) is 0 Å². The number of rotatable bonds is 6. The van der Waals surface area contributed by atoms with Gasteiger partial charge in [0.05, 0.1) is 17.0 Å². The lowest BCUT2D eigenvalue weighted by atomic mass is 9.95. The van der Waals surface area contributed by atoms with Crippen molar-refractivity contribution in [3.8, 4) is 0 Å². The first-order valence-electron chi connectivity index (χ1n) is 8.46. The molecular weight excluding hydrogens is 360 g/mol. The van der Waals surface area contributed by atoms with E-state index in [2.05, 4.69) is 10.0 Å². The summed E-state index contributed by atoms with van der Waals surface area (Å²) in [5.41, 5.74) is 4.62. The zero-order valence-corrected chi connectivity index (χ0v) is 17.7. The lowest BCUT2D eigenvalue weighted by Crippen LogP contribution is -2.53. The molecule has 144 valence electrons. The summed E-state index contributed by atoms with van der Waals surface area (Å²) in [5, 5.41) is 3.40. The summed E-state index contributed by atoms with van der Waals surface area (Å²) in [4.78, 5) is 0.425. The molecule has 1 saturated heterocycles. The van der Waals surface area contributed by atoms with Gasteiger partial charge in [-0.1, -0.05) is 0 Å². The Kier molecular flexibility index (Phi) is 7.48. The van der Waals surface area contributed by atoms with Gasteiger partial charge in [0, 0.05) is 13.7 Å². The van der Waals surface area contributed by atoms with Crippen molar-refractivity contribution in [2.24, 2.45) is 0 Å². The van der Waals surface area contributed by atoms with Crippen LogP contribution in [0.3, 0.4) is 0 Å². The molecule has 5 nitrogen and oxygen atoms in total. The highest BCUT2D eigenvalue weighted by Gasteiger charge is 2.35. The summed E-state index contributed by atoms with van der Waals surface area (Å²) in [7, 11) is -1.92. The molecule has 0 radical (unpaired) electrons. The fraction of sp³-hybridized carbons (Fsp3) is 0.667. The summed E-state index contributed by atoms with van der Waals surface area (Å²) in [6.45, 7) is 11.5. The molecule has 25 heavy (non-hydrogen) atoms. The van der Waals surface area contributed by atoms with Crippen molar-refractivity contribution >= 4 is 22.4 Å². The van der Waals surface area contributed by atoms with Crippen molar-refractivity contribution in [3.63, 3.8) is 0 Å². The average molecular weight is 391 g/mol. The molecule has 1 aromatic carbocycles. The van der Waals surface area contributed by atoms with Crippen molar-refractivity contribution in [1.29, 1.82) is 0 Å². The second-order valence-electron chi connectivity index (χ2n) is 7.02. The molecule has 1 fully saturated rings. The van der Waals surface area contributed by atoms with E-state index >= 15 is 0 Å². The van der Waals surface area contributed by atoms with Gasteiger partial charge in [-0.15, -0.1) is 12.4 Å². The molecule has 0 aromatic heterocycles. The largest absolute Gasteiger partial charge is 0.383 e. The molecule has 1 unspecified atom stereocenters. The number of halogens is 1. The van der Waals surface area contributed by atoms with Crippen molar-refractivity contribution < 1.29 is 13.2 Å². The van der Waals surface area contributed by atoms with Crippen LogP contribution < -0.4 is 10.0 Å². The van der Waals surface area contributed by atoms with Crippen LogP contribution in [0, 0.1) is 34.6 Å². The number of methoxy groups -OCH3 is 1. The number of sulfonamides is 1. The highest BCUT2D eigenvalue weighted by Crippen LogP contribution is 2.30. The quantitative estimate of drug-likeness (QED) is 0.783. The first kappa shape index (κ1) is 22.4. The standard InChI is InChI=1S/C18H30N2O3S.ClH/c1-12-13(2)15(4)17(16(5)14(12)3)24(21,22)20-10-18(11-23-6)8-7-9-19-18;/h19-20H,7-11H2,1-6H3;1H. The molecule has 1 heterocycles. The van der Waals surface area contributed by atoms with Crippen molar-refractivity contribution in [2.75, 3.05) is 26.8 Å². The Hall–Kier alpha value is -0.660. The monoisotopic (exact) mass is 390 g/mol. The third-order valence-electron chi connectivity index (χ3n) is 5.55. The second kappa shape index (κ2) is 8.35. The average Bonchev–Trinajstić information content (AvgIpc) is 2.99. The Balaban J connectivity index is 0.00000312. The van der Waals surface area contributed by atoms with E-state index in [0.29, 0.717) is 18.0 Å². The lowest BCUT2D eigenvalue weighted by Gasteiger charge is -2.29. The fourth-order valence-corrected chi connectivity index (χ4v) is 5.37. The van der Waals surface area contributed by atoms with Gasteiger partial charge < -0.3 is 10.1 Å². The van der Waals surface area contributed by atoms with Crippen LogP contribution in [0.5, 0.6) is 0 Å². The van der Waals surface area contributed by atoms with Gasteiger partial charge in [-0.2, -0.15) is 0 Å². The topological polar surface area (TPSA) is 67.4 Å². The number of hydrogen-bond donors (Lipinski definition) is 2. The Morgan fingerprint density at radius 3 is 2.00 bits per heavy atom. The maximum absolute atomic E-state index is 13.0. The molecule has 7 heteroatoms. The molecule has 1 aliphatic heterocycles. The van der Waals surface area contributed by atoms with Crippen LogP contribution in [0.25, 0.3) is 0 Å². The summed E-state index contributed by atoms with van der Waals surface area (Å²) >= 11 is 0. The Morgan fingerprint density at radius 2 is 1.56 bits per heavy atom. The van der Waals surface area contributed by atoms with E-state index < -0.39 is 10.0 Å². The molecule has 1 aliphatic rings. The van der Waals surface area contributed by atoms with E-state index in [1.165, 1.54) is 0 Å². The molecule has 0 spiro atoms. The third kappa shape index (κ3) is 4.37. The zero-order valence-electron chi connectivity index (χ0n) is 16.1. The first-order valence-corrected chi connectivity index (χ1v) is 9.94. The van der Waals surface area contributed by atoms with Gasteiger partial charge in [0.15, 0.2) is 0 Å². The number of ether oxygens (including phenoxy) is 1. The predicted molar refractivity (Wildman–Crippen MR) is 104 cm³/mol. The Bertz CT molecular complexity index is 697. The van der Waals surface area contributed by atoms with Gasteiger partial charge in [0.2, 0.25) is 10.0 Å². The van der Waals surface area contributed by atoms with E-state index in [4.69, 9.17) is 4.74 Å². The van der Waals surface area contributed by atoms with Gasteiger partial charge in [-0.05, 0) is 81.8 Å². The van der Waals surface area contributed by atoms with Gasteiger partial charge in [-0.3, -0.25) is 0 Å². The summed E-state index contributed by atoms with van der Waals surface area (Å²) in [6.07, 6.45) is 1.94. The van der Waals surface area contributed by atoms with Crippen molar-refractivity contribution in [2.45, 2.75) is 57.9 Å². The van der Waals surface area contributed by atoms with Crippen molar-refractivity contribution in [1.82, 2.24) is 10.0 Å². The van der Waals surface area contributed by atoms with Crippen LogP contribution in [0.1, 0.15) is 40.7 Å². The highest BCUT2D eigenvalue weighted by atomic mass is 35.5. The second-order valence-corrected chi connectivity index (χ2v) is 8.73. The summed E-state index contributed by atoms with van der Waals surface area (Å²) in [5.74, 6) is 0. The van der Waals surface area contributed by atoms with E-state index in [1.54, 1.807) is 7.11 Å². The molecule has 2 rings (SSSR count). The fourth-order valence-electron chi connectivity index (χ4n) is 3.64. The first-order chi connectivity index (χ1) is 11.2. The zero-order chi connectivity index (χ0) is 18.1. The normalized spacial score (nSPS) is 20.6. The molecule has 0 amide bonds. The minimum absolute atomic E-state index is 0. The number of nitrogens with one attached hydrogen (secondary N) is 2. The molecule has 1 aromatic rings.